The Kier molecular flexibility index (Phi) is 5.88. The van der Waals surface area contributed by atoms with Crippen molar-refractivity contribution in [3.05, 3.63) is 102 Å². The number of anilines is 1. The molecule has 3 fully saturated rings. The minimum absolute atomic E-state index is 0.117. The van der Waals surface area contributed by atoms with Gasteiger partial charge in [0.25, 0.3) is 0 Å². The van der Waals surface area contributed by atoms with Gasteiger partial charge in [-0.1, -0.05) is 48.6 Å². The number of hydrogen-bond acceptors (Lipinski definition) is 4. The highest BCUT2D eigenvalue weighted by molar-refractivity contribution is 6.10. The van der Waals surface area contributed by atoms with E-state index < -0.39 is 6.04 Å². The Morgan fingerprint density at radius 3 is 2.05 bits per heavy atom. The van der Waals surface area contributed by atoms with Crippen LogP contribution in [-0.2, 0) is 20.8 Å². The molecule has 1 heterocycles. The molecule has 0 radical (unpaired) electrons. The number of rotatable bonds is 7. The molecule has 6 nitrogen and oxygen atoms in total. The van der Waals surface area contributed by atoms with Crippen molar-refractivity contribution in [3.8, 4) is 11.5 Å². The van der Waals surface area contributed by atoms with Crippen LogP contribution in [0.15, 0.2) is 84.9 Å². The molecular weight excluding hydrogens is 500 g/mol. The number of carbonyl (C=O) groups is 3. The van der Waals surface area contributed by atoms with Crippen LogP contribution in [-0.4, -0.2) is 28.7 Å². The van der Waals surface area contributed by atoms with Crippen molar-refractivity contribution in [2.75, 3.05) is 5.32 Å². The molecule has 3 amide bonds. The lowest BCUT2D eigenvalue weighted by Gasteiger charge is -2.37. The minimum Gasteiger partial charge on any atom is -0.457 e. The highest BCUT2D eigenvalue weighted by Gasteiger charge is 2.67. The standard InChI is InChI=1S/C34H32N2O4/c1-19-14-20(2)16-24(15-19)40-23-10-8-22(9-11-23)35-32(37)29(17-21-6-4-3-5-7-21)36-33(38)30-25-12-13-26(28-18-27(25)28)31(30)34(36)39/h3-16,25-31H,17-18H2,1-2H3,(H,35,37)/t25-,26-,27-,28-,29+,30+,31+/m1/s1. The van der Waals surface area contributed by atoms with Crippen LogP contribution >= 0.6 is 0 Å². The van der Waals surface area contributed by atoms with Gasteiger partial charge in [-0.05, 0) is 97.0 Å². The molecule has 0 aromatic heterocycles. The first-order chi connectivity index (χ1) is 19.4. The molecular formula is C34H32N2O4. The molecule has 1 N–H and O–H groups in total. The van der Waals surface area contributed by atoms with Crippen LogP contribution in [0.4, 0.5) is 5.69 Å². The van der Waals surface area contributed by atoms with Gasteiger partial charge in [0.05, 0.1) is 11.8 Å². The van der Waals surface area contributed by atoms with Gasteiger partial charge in [0.1, 0.15) is 17.5 Å². The monoisotopic (exact) mass is 532 g/mol. The number of ether oxygens (including phenoxy) is 1. The van der Waals surface area contributed by atoms with Gasteiger partial charge in [0.15, 0.2) is 0 Å². The number of benzene rings is 3. The van der Waals surface area contributed by atoms with Crippen LogP contribution in [0, 0.1) is 49.4 Å². The van der Waals surface area contributed by atoms with Crippen molar-refractivity contribution >= 4 is 23.4 Å². The summed E-state index contributed by atoms with van der Waals surface area (Å²) in [5, 5.41) is 2.97. The maximum Gasteiger partial charge on any atom is 0.248 e. The molecule has 5 aliphatic rings. The molecule has 6 heteroatoms. The zero-order valence-corrected chi connectivity index (χ0v) is 22.6. The van der Waals surface area contributed by atoms with E-state index in [-0.39, 0.29) is 47.8 Å². The van der Waals surface area contributed by atoms with Crippen molar-refractivity contribution in [3.63, 3.8) is 0 Å². The van der Waals surface area contributed by atoms with Gasteiger partial charge in [-0.2, -0.15) is 0 Å². The molecule has 3 aromatic carbocycles. The fourth-order valence-electron chi connectivity index (χ4n) is 7.39. The van der Waals surface area contributed by atoms with Crippen molar-refractivity contribution < 1.29 is 19.1 Å². The van der Waals surface area contributed by atoms with Gasteiger partial charge < -0.3 is 10.1 Å². The van der Waals surface area contributed by atoms with Gasteiger partial charge >= 0.3 is 0 Å². The smallest absolute Gasteiger partial charge is 0.248 e. The number of carbonyl (C=O) groups excluding carboxylic acids is 3. The van der Waals surface area contributed by atoms with Crippen molar-refractivity contribution in [1.29, 1.82) is 0 Å². The van der Waals surface area contributed by atoms with Crippen LogP contribution in [0.25, 0.3) is 0 Å². The van der Waals surface area contributed by atoms with Crippen LogP contribution in [0.2, 0.25) is 0 Å². The average molecular weight is 533 g/mol. The van der Waals surface area contributed by atoms with Crippen molar-refractivity contribution in [1.82, 2.24) is 4.90 Å². The topological polar surface area (TPSA) is 75.7 Å². The summed E-state index contributed by atoms with van der Waals surface area (Å²) >= 11 is 0. The lowest BCUT2D eigenvalue weighted by atomic mass is 9.63. The maximum atomic E-state index is 13.8. The van der Waals surface area contributed by atoms with Crippen LogP contribution in [0.3, 0.4) is 0 Å². The number of aryl methyl sites for hydroxylation is 2. The Morgan fingerprint density at radius 2 is 1.45 bits per heavy atom. The summed E-state index contributed by atoms with van der Waals surface area (Å²) in [5.74, 6) is 1.26. The first-order valence-corrected chi connectivity index (χ1v) is 14.1. The highest BCUT2D eigenvalue weighted by atomic mass is 16.5. The SMILES string of the molecule is Cc1cc(C)cc(Oc2ccc(NC(=O)[C@H](Cc3ccccc3)N3C(=O)[C@H]4[C@@H]5C=C[C@H]([C@H]6C[C@H]56)[C@@H]4C3=O)cc2)c1. The van der Waals surface area contributed by atoms with Crippen LogP contribution < -0.4 is 10.1 Å². The molecule has 8 rings (SSSR count). The normalized spacial score (nSPS) is 28.2. The van der Waals surface area contributed by atoms with E-state index in [0.717, 1.165) is 28.9 Å². The summed E-state index contributed by atoms with van der Waals surface area (Å²) in [6.45, 7) is 4.05. The Balaban J connectivity index is 1.12. The summed E-state index contributed by atoms with van der Waals surface area (Å²) in [6.07, 6.45) is 5.69. The molecule has 0 spiro atoms. The second kappa shape index (κ2) is 9.47. The van der Waals surface area contributed by atoms with Gasteiger partial charge in [0, 0.05) is 12.1 Å². The van der Waals surface area contributed by atoms with E-state index in [1.54, 1.807) is 24.3 Å². The number of imide groups is 1. The van der Waals surface area contributed by atoms with E-state index in [2.05, 4.69) is 23.5 Å². The summed E-state index contributed by atoms with van der Waals surface area (Å²) in [6, 6.07) is 21.9. The lowest BCUT2D eigenvalue weighted by molar-refractivity contribution is -0.146. The molecule has 2 bridgehead atoms. The molecule has 2 saturated carbocycles. The van der Waals surface area contributed by atoms with E-state index in [1.807, 2.05) is 56.3 Å². The first-order valence-electron chi connectivity index (χ1n) is 14.1. The zero-order valence-electron chi connectivity index (χ0n) is 22.6. The number of nitrogens with one attached hydrogen (secondary N) is 1. The van der Waals surface area contributed by atoms with Gasteiger partial charge in [0.2, 0.25) is 17.7 Å². The zero-order chi connectivity index (χ0) is 27.5. The van der Waals surface area contributed by atoms with E-state index in [9.17, 15) is 14.4 Å². The molecule has 0 unspecified atom stereocenters. The third kappa shape index (κ3) is 4.23. The fourth-order valence-corrected chi connectivity index (χ4v) is 7.39. The Labute approximate surface area is 234 Å². The van der Waals surface area contributed by atoms with Crippen molar-refractivity contribution in [2.45, 2.75) is 32.7 Å². The van der Waals surface area contributed by atoms with E-state index in [4.69, 9.17) is 4.74 Å². The first kappa shape index (κ1) is 24.8. The van der Waals surface area contributed by atoms with E-state index >= 15 is 0 Å². The van der Waals surface area contributed by atoms with Crippen molar-refractivity contribution in [2.24, 2.45) is 35.5 Å². The third-order valence-electron chi connectivity index (χ3n) is 9.14. The largest absolute Gasteiger partial charge is 0.457 e. The van der Waals surface area contributed by atoms with E-state index in [0.29, 0.717) is 23.3 Å². The van der Waals surface area contributed by atoms with Crippen LogP contribution in [0.1, 0.15) is 23.1 Å². The summed E-state index contributed by atoms with van der Waals surface area (Å²) in [7, 11) is 0. The third-order valence-corrected chi connectivity index (χ3v) is 9.14. The summed E-state index contributed by atoms with van der Waals surface area (Å²) in [4.78, 5) is 42.8. The molecule has 3 aromatic rings. The minimum atomic E-state index is -0.921. The highest BCUT2D eigenvalue weighted by Crippen LogP contribution is 2.65. The summed E-state index contributed by atoms with van der Waals surface area (Å²) in [5.41, 5.74) is 3.72. The second-order valence-electron chi connectivity index (χ2n) is 11.8. The Morgan fingerprint density at radius 1 is 0.850 bits per heavy atom. The number of amides is 3. The molecule has 1 saturated heterocycles. The van der Waals surface area contributed by atoms with E-state index in [1.165, 1.54) is 4.90 Å². The predicted octanol–water partition coefficient (Wildman–Crippen LogP) is 5.70. The molecule has 1 aliphatic heterocycles. The van der Waals surface area contributed by atoms with Gasteiger partial charge in [-0.3, -0.25) is 19.3 Å². The summed E-state index contributed by atoms with van der Waals surface area (Å²) < 4.78 is 6.01. The molecule has 7 atom stereocenters. The Hall–Kier alpha value is -4.19. The Bertz CT molecular complexity index is 1470. The lowest BCUT2D eigenvalue weighted by Crippen LogP contribution is -2.49. The number of hydrogen-bond donors (Lipinski definition) is 1. The molecule has 202 valence electrons. The number of allylic oxidation sites excluding steroid dienone is 2. The average Bonchev–Trinajstić information content (AvgIpc) is 3.72. The number of nitrogens with zero attached hydrogens (tertiary/aromatic N) is 1. The second-order valence-corrected chi connectivity index (χ2v) is 11.8. The fraction of sp³-hybridized carbons (Fsp3) is 0.324. The van der Waals surface area contributed by atoms with Crippen LogP contribution in [0.5, 0.6) is 11.5 Å². The van der Waals surface area contributed by atoms with Gasteiger partial charge in [-0.25, -0.2) is 0 Å². The van der Waals surface area contributed by atoms with Gasteiger partial charge in [-0.15, -0.1) is 0 Å². The quantitative estimate of drug-likeness (QED) is 0.313. The number of likely N-dealkylation sites (tertiary alicyclic amines) is 1. The molecule has 4 aliphatic carbocycles. The molecule has 40 heavy (non-hydrogen) atoms. The maximum absolute atomic E-state index is 13.8. The predicted molar refractivity (Wildman–Crippen MR) is 152 cm³/mol.